The molecule has 16 heavy (non-hydrogen) atoms. The molecule has 0 aliphatic carbocycles. The maximum absolute atomic E-state index is 12.1. The van der Waals surface area contributed by atoms with Gasteiger partial charge in [0, 0.05) is 0 Å². The van der Waals surface area contributed by atoms with Crippen molar-refractivity contribution in [1.29, 1.82) is 0 Å². The topological polar surface area (TPSA) is 37.3 Å². The Labute approximate surface area is 94.5 Å². The highest BCUT2D eigenvalue weighted by Crippen LogP contribution is 2.35. The van der Waals surface area contributed by atoms with Crippen molar-refractivity contribution < 1.29 is 23.1 Å². The van der Waals surface area contributed by atoms with Crippen LogP contribution < -0.4 is 0 Å². The Morgan fingerprint density at radius 1 is 1.31 bits per heavy atom. The minimum atomic E-state index is -4.53. The Kier molecular flexibility index (Phi) is 4.23. The van der Waals surface area contributed by atoms with Gasteiger partial charge in [0.2, 0.25) is 0 Å². The lowest BCUT2D eigenvalue weighted by atomic mass is 10.1. The SMILES string of the molecule is O=C(O)C(Cc1ccccc1)SC(F)(F)F. The van der Waals surface area contributed by atoms with Crippen molar-refractivity contribution in [2.75, 3.05) is 0 Å². The zero-order chi connectivity index (χ0) is 12.2. The summed E-state index contributed by atoms with van der Waals surface area (Å²) < 4.78 is 36.2. The number of halogens is 3. The van der Waals surface area contributed by atoms with Gasteiger partial charge < -0.3 is 5.11 Å². The van der Waals surface area contributed by atoms with Crippen molar-refractivity contribution in [3.05, 3.63) is 35.9 Å². The van der Waals surface area contributed by atoms with Crippen molar-refractivity contribution in [3.63, 3.8) is 0 Å². The molecule has 1 aromatic carbocycles. The lowest BCUT2D eigenvalue weighted by molar-refractivity contribution is -0.136. The van der Waals surface area contributed by atoms with Crippen LogP contribution in [0, 0.1) is 0 Å². The molecule has 0 amide bonds. The number of alkyl halides is 3. The van der Waals surface area contributed by atoms with Gasteiger partial charge in [-0.25, -0.2) is 0 Å². The molecule has 1 aromatic rings. The Morgan fingerprint density at radius 3 is 2.31 bits per heavy atom. The molecule has 0 heterocycles. The van der Waals surface area contributed by atoms with Crippen LogP contribution in [-0.2, 0) is 11.2 Å². The predicted molar refractivity (Wildman–Crippen MR) is 55.2 cm³/mol. The van der Waals surface area contributed by atoms with E-state index in [1.165, 1.54) is 0 Å². The molecule has 1 unspecified atom stereocenters. The highest BCUT2D eigenvalue weighted by atomic mass is 32.2. The van der Waals surface area contributed by atoms with Crippen molar-refractivity contribution in [1.82, 2.24) is 0 Å². The Balaban J connectivity index is 2.70. The van der Waals surface area contributed by atoms with Crippen LogP contribution >= 0.6 is 11.8 Å². The van der Waals surface area contributed by atoms with Gasteiger partial charge in [-0.15, -0.1) is 0 Å². The van der Waals surface area contributed by atoms with Crippen LogP contribution in [0.2, 0.25) is 0 Å². The molecular weight excluding hydrogens is 241 g/mol. The number of carboxylic acid groups (broad SMARTS) is 1. The van der Waals surface area contributed by atoms with E-state index in [-0.39, 0.29) is 6.42 Å². The molecule has 6 heteroatoms. The van der Waals surface area contributed by atoms with Crippen LogP contribution in [0.5, 0.6) is 0 Å². The van der Waals surface area contributed by atoms with Gasteiger partial charge in [-0.1, -0.05) is 30.3 Å². The maximum atomic E-state index is 12.1. The number of hydrogen-bond donors (Lipinski definition) is 1. The van der Waals surface area contributed by atoms with Crippen molar-refractivity contribution in [2.45, 2.75) is 17.2 Å². The minimum Gasteiger partial charge on any atom is -0.480 e. The molecule has 0 saturated carbocycles. The molecule has 1 rings (SSSR count). The van der Waals surface area contributed by atoms with Crippen LogP contribution in [-0.4, -0.2) is 21.8 Å². The fourth-order valence-electron chi connectivity index (χ4n) is 1.17. The molecule has 0 radical (unpaired) electrons. The Hall–Kier alpha value is -1.17. The molecule has 0 spiro atoms. The average molecular weight is 250 g/mol. The standard InChI is InChI=1S/C10H9F3O2S/c11-10(12,13)16-8(9(14)15)6-7-4-2-1-3-5-7/h1-5,8H,6H2,(H,14,15). The minimum absolute atomic E-state index is 0.139. The zero-order valence-electron chi connectivity index (χ0n) is 8.07. The molecule has 0 aromatic heterocycles. The smallest absolute Gasteiger partial charge is 0.442 e. The van der Waals surface area contributed by atoms with E-state index in [1.807, 2.05) is 0 Å². The Bertz CT molecular complexity index is 351. The molecule has 1 N–H and O–H groups in total. The summed E-state index contributed by atoms with van der Waals surface area (Å²) in [5.74, 6) is -1.45. The lowest BCUT2D eigenvalue weighted by Crippen LogP contribution is -2.23. The molecule has 1 atom stereocenters. The van der Waals surface area contributed by atoms with Crippen molar-refractivity contribution >= 4 is 17.7 Å². The number of benzene rings is 1. The van der Waals surface area contributed by atoms with E-state index in [9.17, 15) is 18.0 Å². The normalized spacial score (nSPS) is 13.4. The quantitative estimate of drug-likeness (QED) is 0.892. The number of rotatable bonds is 4. The molecule has 0 aliphatic rings. The van der Waals surface area contributed by atoms with Gasteiger partial charge >= 0.3 is 11.5 Å². The third kappa shape index (κ3) is 4.57. The largest absolute Gasteiger partial charge is 0.480 e. The van der Waals surface area contributed by atoms with Gasteiger partial charge in [-0.2, -0.15) is 13.2 Å². The number of thioether (sulfide) groups is 1. The third-order valence-electron chi connectivity index (χ3n) is 1.82. The van der Waals surface area contributed by atoms with Gasteiger partial charge in [0.25, 0.3) is 0 Å². The van der Waals surface area contributed by atoms with Crippen LogP contribution in [0.3, 0.4) is 0 Å². The van der Waals surface area contributed by atoms with E-state index in [2.05, 4.69) is 0 Å². The predicted octanol–water partition coefficient (Wildman–Crippen LogP) is 2.94. The Morgan fingerprint density at radius 2 is 1.88 bits per heavy atom. The third-order valence-corrected chi connectivity index (χ3v) is 2.74. The van der Waals surface area contributed by atoms with E-state index < -0.39 is 28.5 Å². The first kappa shape index (κ1) is 12.9. The molecule has 0 aliphatic heterocycles. The summed E-state index contributed by atoms with van der Waals surface area (Å²) in [6.07, 6.45) is -0.139. The van der Waals surface area contributed by atoms with Crippen LogP contribution in [0.25, 0.3) is 0 Å². The monoisotopic (exact) mass is 250 g/mol. The molecule has 2 nitrogen and oxygen atoms in total. The second-order valence-electron chi connectivity index (χ2n) is 3.08. The van der Waals surface area contributed by atoms with Gasteiger partial charge in [0.15, 0.2) is 0 Å². The van der Waals surface area contributed by atoms with Gasteiger partial charge in [0.05, 0.1) is 0 Å². The highest BCUT2D eigenvalue weighted by Gasteiger charge is 2.36. The van der Waals surface area contributed by atoms with E-state index in [1.54, 1.807) is 30.3 Å². The summed E-state index contributed by atoms with van der Waals surface area (Å²) in [5.41, 5.74) is -3.95. The summed E-state index contributed by atoms with van der Waals surface area (Å²) in [6, 6.07) is 8.24. The molecule has 0 saturated heterocycles. The lowest BCUT2D eigenvalue weighted by Gasteiger charge is -2.13. The first-order valence-corrected chi connectivity index (χ1v) is 5.28. The van der Waals surface area contributed by atoms with E-state index in [0.717, 1.165) is 0 Å². The first-order chi connectivity index (χ1) is 7.38. The summed E-state index contributed by atoms with van der Waals surface area (Å²) in [7, 11) is 0. The zero-order valence-corrected chi connectivity index (χ0v) is 8.89. The van der Waals surface area contributed by atoms with Gasteiger partial charge in [-0.3, -0.25) is 4.79 Å². The van der Waals surface area contributed by atoms with E-state index in [0.29, 0.717) is 5.56 Å². The van der Waals surface area contributed by atoms with Gasteiger partial charge in [-0.05, 0) is 23.7 Å². The summed E-state index contributed by atoms with van der Waals surface area (Å²) in [5, 5.41) is 7.18. The molecular formula is C10H9F3O2S. The van der Waals surface area contributed by atoms with Crippen LogP contribution in [0.15, 0.2) is 30.3 Å². The highest BCUT2D eigenvalue weighted by molar-refractivity contribution is 8.01. The molecule has 0 fully saturated rings. The average Bonchev–Trinajstić information content (AvgIpc) is 2.16. The molecule has 0 bridgehead atoms. The van der Waals surface area contributed by atoms with E-state index in [4.69, 9.17) is 5.11 Å². The number of hydrogen-bond acceptors (Lipinski definition) is 2. The van der Waals surface area contributed by atoms with Crippen molar-refractivity contribution in [3.8, 4) is 0 Å². The summed E-state index contributed by atoms with van der Waals surface area (Å²) >= 11 is -0.495. The second-order valence-corrected chi connectivity index (χ2v) is 4.35. The van der Waals surface area contributed by atoms with Crippen molar-refractivity contribution in [2.24, 2.45) is 0 Å². The van der Waals surface area contributed by atoms with Crippen LogP contribution in [0.1, 0.15) is 5.56 Å². The fourth-order valence-corrected chi connectivity index (χ4v) is 1.87. The summed E-state index contributed by atoms with van der Waals surface area (Å²) in [6.45, 7) is 0. The second kappa shape index (κ2) is 5.25. The summed E-state index contributed by atoms with van der Waals surface area (Å²) in [4.78, 5) is 10.7. The number of carboxylic acids is 1. The maximum Gasteiger partial charge on any atom is 0.442 e. The van der Waals surface area contributed by atoms with E-state index >= 15 is 0 Å². The first-order valence-electron chi connectivity index (χ1n) is 4.40. The number of aliphatic carboxylic acids is 1. The van der Waals surface area contributed by atoms with Gasteiger partial charge in [0.1, 0.15) is 5.25 Å². The number of carbonyl (C=O) groups is 1. The molecule has 88 valence electrons. The fraction of sp³-hybridized carbons (Fsp3) is 0.300. The van der Waals surface area contributed by atoms with Crippen LogP contribution in [0.4, 0.5) is 13.2 Å².